The Bertz CT molecular complexity index is 737. The number of carbonyl (C=O) groups is 1. The van der Waals surface area contributed by atoms with Gasteiger partial charge in [-0.05, 0) is 51.4 Å². The quantitative estimate of drug-likeness (QED) is 0.0548. The molecule has 0 aromatic rings. The van der Waals surface area contributed by atoms with Crippen molar-refractivity contribution in [1.82, 2.24) is 5.32 Å². The average Bonchev–Trinajstić information content (AvgIpc) is 3.01. The molecule has 4 nitrogen and oxygen atoms in total. The van der Waals surface area contributed by atoms with Gasteiger partial charge in [-0.25, -0.2) is 0 Å². The van der Waals surface area contributed by atoms with E-state index in [2.05, 4.69) is 79.9 Å². The van der Waals surface area contributed by atoms with Crippen LogP contribution in [0.25, 0.3) is 0 Å². The van der Waals surface area contributed by atoms with E-state index in [1.165, 1.54) is 77.0 Å². The maximum absolute atomic E-state index is 12.3. The van der Waals surface area contributed by atoms with E-state index in [4.69, 9.17) is 0 Å². The fraction of sp³-hybridized carbons (Fsp3) is 0.718. The Morgan fingerprint density at radius 2 is 1.00 bits per heavy atom. The highest BCUT2D eigenvalue weighted by Gasteiger charge is 2.19. The lowest BCUT2D eigenvalue weighted by Gasteiger charge is -2.22. The van der Waals surface area contributed by atoms with E-state index < -0.39 is 12.1 Å². The molecule has 3 N–H and O–H groups in total. The molecule has 0 bridgehead atoms. The lowest BCUT2D eigenvalue weighted by Crippen LogP contribution is -2.45. The molecule has 2 unspecified atom stereocenters. The molecule has 1 amide bonds. The number of nitrogens with one attached hydrogen (secondary N) is 1. The molecular weight excluding hydrogens is 530 g/mol. The van der Waals surface area contributed by atoms with Gasteiger partial charge in [0.1, 0.15) is 0 Å². The van der Waals surface area contributed by atoms with Crippen molar-refractivity contribution < 1.29 is 15.0 Å². The minimum absolute atomic E-state index is 0.0913. The van der Waals surface area contributed by atoms with Gasteiger partial charge in [0.15, 0.2) is 0 Å². The third kappa shape index (κ3) is 31.3. The topological polar surface area (TPSA) is 69.6 Å². The van der Waals surface area contributed by atoms with Crippen LogP contribution in [0.3, 0.4) is 0 Å². The van der Waals surface area contributed by atoms with Gasteiger partial charge < -0.3 is 15.5 Å². The summed E-state index contributed by atoms with van der Waals surface area (Å²) in [6.07, 6.45) is 47.0. The van der Waals surface area contributed by atoms with Crippen LogP contribution in [0.5, 0.6) is 0 Å². The lowest BCUT2D eigenvalue weighted by molar-refractivity contribution is -0.123. The maximum Gasteiger partial charge on any atom is 0.220 e. The highest BCUT2D eigenvalue weighted by Crippen LogP contribution is 2.14. The highest BCUT2D eigenvalue weighted by atomic mass is 16.3. The number of rotatable bonds is 31. The largest absolute Gasteiger partial charge is 0.394 e. The second-order valence-corrected chi connectivity index (χ2v) is 11.9. The van der Waals surface area contributed by atoms with Crippen LogP contribution >= 0.6 is 0 Å². The van der Waals surface area contributed by atoms with E-state index in [0.29, 0.717) is 12.8 Å². The zero-order valence-electron chi connectivity index (χ0n) is 28.2. The van der Waals surface area contributed by atoms with Crippen molar-refractivity contribution in [2.75, 3.05) is 6.61 Å². The van der Waals surface area contributed by atoms with Crippen LogP contribution in [0.2, 0.25) is 0 Å². The second-order valence-electron chi connectivity index (χ2n) is 11.9. The number of hydrogen-bond acceptors (Lipinski definition) is 3. The van der Waals surface area contributed by atoms with Crippen LogP contribution in [-0.4, -0.2) is 34.9 Å². The molecule has 43 heavy (non-hydrogen) atoms. The van der Waals surface area contributed by atoms with Gasteiger partial charge in [-0.3, -0.25) is 4.79 Å². The molecule has 0 aliphatic rings. The molecule has 4 heteroatoms. The van der Waals surface area contributed by atoms with E-state index in [1.807, 2.05) is 0 Å². The normalized spacial score (nSPS) is 13.9. The first-order chi connectivity index (χ1) is 21.2. The maximum atomic E-state index is 12.3. The SMILES string of the molecule is CC/C=C\C/C=C\C/C=C\C/C=C\C/C=C\CCCC(=O)NC(CO)C(O)CCCCCCCCCCCCCCCC. The molecule has 0 aliphatic heterocycles. The van der Waals surface area contributed by atoms with Crippen molar-refractivity contribution >= 4 is 5.91 Å². The monoisotopic (exact) mass is 600 g/mol. The summed E-state index contributed by atoms with van der Waals surface area (Å²) < 4.78 is 0. The fourth-order valence-electron chi connectivity index (χ4n) is 5.04. The van der Waals surface area contributed by atoms with Crippen molar-refractivity contribution in [3.8, 4) is 0 Å². The number of hydrogen-bond donors (Lipinski definition) is 3. The molecule has 248 valence electrons. The molecule has 2 atom stereocenters. The van der Waals surface area contributed by atoms with Gasteiger partial charge in [0.05, 0.1) is 18.8 Å². The van der Waals surface area contributed by atoms with Gasteiger partial charge in [-0.2, -0.15) is 0 Å². The van der Waals surface area contributed by atoms with Gasteiger partial charge in [0.2, 0.25) is 5.91 Å². The van der Waals surface area contributed by atoms with Crippen molar-refractivity contribution in [1.29, 1.82) is 0 Å². The summed E-state index contributed by atoms with van der Waals surface area (Å²) in [6, 6.07) is -0.567. The number of aliphatic hydroxyl groups is 2. The summed E-state index contributed by atoms with van der Waals surface area (Å²) >= 11 is 0. The summed E-state index contributed by atoms with van der Waals surface area (Å²) in [4.78, 5) is 12.3. The second kappa shape index (κ2) is 34.6. The Morgan fingerprint density at radius 1 is 0.581 bits per heavy atom. The molecule has 0 radical (unpaired) electrons. The van der Waals surface area contributed by atoms with Gasteiger partial charge in [0.25, 0.3) is 0 Å². The highest BCUT2D eigenvalue weighted by molar-refractivity contribution is 5.76. The van der Waals surface area contributed by atoms with Gasteiger partial charge >= 0.3 is 0 Å². The number of amides is 1. The number of unbranched alkanes of at least 4 members (excludes halogenated alkanes) is 14. The summed E-state index contributed by atoms with van der Waals surface area (Å²) in [5.41, 5.74) is 0. The standard InChI is InChI=1S/C39H69NO3/c1-3-5-7-9-11-13-15-17-19-20-21-23-25-27-29-31-33-35-39(43)40-37(36-41)38(42)34-32-30-28-26-24-22-18-16-14-12-10-8-6-4-2/h5,7,11,13,17,19,21,23,27,29,37-38,41-42H,3-4,6,8-10,12,14-16,18,20,22,24-26,28,30-36H2,1-2H3,(H,40,43)/b7-5-,13-11-,19-17-,23-21-,29-27-. The third-order valence-corrected chi connectivity index (χ3v) is 7.79. The van der Waals surface area contributed by atoms with E-state index in [-0.39, 0.29) is 12.5 Å². The summed E-state index contributed by atoms with van der Waals surface area (Å²) in [6.45, 7) is 4.20. The molecule has 0 saturated carbocycles. The van der Waals surface area contributed by atoms with Gasteiger partial charge in [0, 0.05) is 6.42 Å². The molecule has 0 aliphatic carbocycles. The Balaban J connectivity index is 3.72. The number of carbonyl (C=O) groups excluding carboxylic acids is 1. The first-order valence-corrected chi connectivity index (χ1v) is 18.0. The van der Waals surface area contributed by atoms with E-state index in [0.717, 1.165) is 57.8 Å². The van der Waals surface area contributed by atoms with Crippen LogP contribution in [0.1, 0.15) is 162 Å². The van der Waals surface area contributed by atoms with E-state index in [1.54, 1.807) is 0 Å². The summed E-state index contributed by atoms with van der Waals surface area (Å²) in [7, 11) is 0. The lowest BCUT2D eigenvalue weighted by atomic mass is 10.0. The third-order valence-electron chi connectivity index (χ3n) is 7.79. The van der Waals surface area contributed by atoms with Gasteiger partial charge in [-0.1, -0.05) is 164 Å². The number of aliphatic hydroxyl groups excluding tert-OH is 2. The first-order valence-electron chi connectivity index (χ1n) is 18.0. The van der Waals surface area contributed by atoms with Crippen LogP contribution in [0, 0.1) is 0 Å². The van der Waals surface area contributed by atoms with Crippen molar-refractivity contribution in [3.05, 3.63) is 60.8 Å². The zero-order chi connectivity index (χ0) is 31.5. The predicted octanol–water partition coefficient (Wildman–Crippen LogP) is 10.6. The Labute approximate surface area is 266 Å². The smallest absolute Gasteiger partial charge is 0.220 e. The van der Waals surface area contributed by atoms with Crippen molar-refractivity contribution in [2.24, 2.45) is 0 Å². The molecule has 0 fully saturated rings. The minimum atomic E-state index is -0.683. The average molecular weight is 600 g/mol. The van der Waals surface area contributed by atoms with Crippen LogP contribution in [0.4, 0.5) is 0 Å². The number of allylic oxidation sites excluding steroid dienone is 10. The van der Waals surface area contributed by atoms with E-state index in [9.17, 15) is 15.0 Å². The zero-order valence-corrected chi connectivity index (χ0v) is 28.2. The molecule has 0 heterocycles. The van der Waals surface area contributed by atoms with Crippen LogP contribution in [-0.2, 0) is 4.79 Å². The Kier molecular flexibility index (Phi) is 33.0. The molecule has 0 spiro atoms. The molecule has 0 aromatic carbocycles. The fourth-order valence-corrected chi connectivity index (χ4v) is 5.04. The molecule has 0 saturated heterocycles. The van der Waals surface area contributed by atoms with Crippen molar-refractivity contribution in [2.45, 2.75) is 174 Å². The van der Waals surface area contributed by atoms with Crippen molar-refractivity contribution in [3.63, 3.8) is 0 Å². The van der Waals surface area contributed by atoms with Crippen LogP contribution < -0.4 is 5.32 Å². The Morgan fingerprint density at radius 3 is 1.44 bits per heavy atom. The summed E-state index contributed by atoms with van der Waals surface area (Å²) in [5, 5.41) is 23.0. The first kappa shape index (κ1) is 41.1. The molecule has 0 rings (SSSR count). The Hall–Kier alpha value is -1.91. The minimum Gasteiger partial charge on any atom is -0.394 e. The predicted molar refractivity (Wildman–Crippen MR) is 188 cm³/mol. The van der Waals surface area contributed by atoms with Crippen LogP contribution in [0.15, 0.2) is 60.8 Å². The van der Waals surface area contributed by atoms with Gasteiger partial charge in [-0.15, -0.1) is 0 Å². The van der Waals surface area contributed by atoms with E-state index >= 15 is 0 Å². The summed E-state index contributed by atoms with van der Waals surface area (Å²) in [5.74, 6) is -0.0913. The molecule has 0 aromatic heterocycles. The molecular formula is C39H69NO3.